The lowest BCUT2D eigenvalue weighted by atomic mass is 10.2. The van der Waals surface area contributed by atoms with Crippen LogP contribution < -0.4 is 0 Å². The zero-order chi connectivity index (χ0) is 14.0. The van der Waals surface area contributed by atoms with Crippen molar-refractivity contribution >= 4 is 33.2 Å². The zero-order valence-corrected chi connectivity index (χ0v) is 13.0. The first kappa shape index (κ1) is 14.3. The number of carbonyl (C=O) groups is 1. The second-order valence-electron chi connectivity index (χ2n) is 4.40. The Morgan fingerprint density at radius 2 is 2.21 bits per heavy atom. The molecular formula is C13H14BrNO3S. The van der Waals surface area contributed by atoms with Crippen LogP contribution in [0.5, 0.6) is 0 Å². The van der Waals surface area contributed by atoms with Gasteiger partial charge in [0.25, 0.3) is 0 Å². The minimum atomic E-state index is -1.03. The van der Waals surface area contributed by atoms with Crippen molar-refractivity contribution in [3.8, 4) is 0 Å². The van der Waals surface area contributed by atoms with Crippen molar-refractivity contribution in [2.45, 2.75) is 20.0 Å². The van der Waals surface area contributed by atoms with Crippen LogP contribution in [-0.4, -0.2) is 23.0 Å². The average molecular weight is 344 g/mol. The molecule has 0 bridgehead atoms. The highest BCUT2D eigenvalue weighted by atomic mass is 79.9. The Bertz CT molecular complexity index is 590. The Labute approximate surface area is 123 Å². The van der Waals surface area contributed by atoms with E-state index in [1.165, 1.54) is 4.88 Å². The van der Waals surface area contributed by atoms with Gasteiger partial charge in [0.15, 0.2) is 0 Å². The van der Waals surface area contributed by atoms with Gasteiger partial charge in [-0.15, -0.1) is 11.3 Å². The van der Waals surface area contributed by atoms with E-state index in [1.54, 1.807) is 24.3 Å². The number of hydrogen-bond acceptors (Lipinski definition) is 4. The summed E-state index contributed by atoms with van der Waals surface area (Å²) in [5, 5.41) is 10.9. The van der Waals surface area contributed by atoms with Crippen molar-refractivity contribution in [2.24, 2.45) is 0 Å². The molecule has 2 aromatic rings. The maximum absolute atomic E-state index is 10.8. The van der Waals surface area contributed by atoms with Crippen LogP contribution in [0.3, 0.4) is 0 Å². The molecule has 0 fully saturated rings. The van der Waals surface area contributed by atoms with Gasteiger partial charge >= 0.3 is 5.97 Å². The predicted molar refractivity (Wildman–Crippen MR) is 77.6 cm³/mol. The van der Waals surface area contributed by atoms with E-state index in [-0.39, 0.29) is 5.76 Å². The number of furan rings is 1. The van der Waals surface area contributed by atoms with Gasteiger partial charge in [-0.2, -0.15) is 0 Å². The van der Waals surface area contributed by atoms with Crippen LogP contribution in [0.1, 0.15) is 26.8 Å². The van der Waals surface area contributed by atoms with Crippen LogP contribution >= 0.6 is 27.3 Å². The molecule has 0 saturated heterocycles. The van der Waals surface area contributed by atoms with Crippen molar-refractivity contribution < 1.29 is 14.3 Å². The maximum atomic E-state index is 10.8. The van der Waals surface area contributed by atoms with Gasteiger partial charge in [-0.3, -0.25) is 4.90 Å². The van der Waals surface area contributed by atoms with Crippen molar-refractivity contribution in [2.75, 3.05) is 7.05 Å². The minimum Gasteiger partial charge on any atom is -0.475 e. The molecule has 0 aliphatic heterocycles. The molecule has 19 heavy (non-hydrogen) atoms. The van der Waals surface area contributed by atoms with Gasteiger partial charge in [0.1, 0.15) is 5.76 Å². The maximum Gasteiger partial charge on any atom is 0.371 e. The molecule has 0 amide bonds. The van der Waals surface area contributed by atoms with Crippen LogP contribution in [-0.2, 0) is 13.1 Å². The first-order valence-corrected chi connectivity index (χ1v) is 7.37. The molecule has 0 aliphatic rings. The fourth-order valence-electron chi connectivity index (χ4n) is 1.83. The summed E-state index contributed by atoms with van der Waals surface area (Å²) in [7, 11) is 2.00. The van der Waals surface area contributed by atoms with E-state index in [9.17, 15) is 4.79 Å². The molecule has 6 heteroatoms. The molecule has 102 valence electrons. The Balaban J connectivity index is 2.02. The standard InChI is InChI=1S/C13H14BrNO3S/c1-8-9(3-12(18-8)13(16)17)5-15(2)6-11-4-10(14)7-19-11/h3-4,7H,5-6H2,1-2H3,(H,16,17). The molecule has 0 atom stereocenters. The smallest absolute Gasteiger partial charge is 0.371 e. The summed E-state index contributed by atoms with van der Waals surface area (Å²) in [6.45, 7) is 3.28. The molecule has 2 rings (SSSR count). The van der Waals surface area contributed by atoms with Crippen molar-refractivity contribution in [1.29, 1.82) is 0 Å². The number of hydrogen-bond donors (Lipinski definition) is 1. The lowest BCUT2D eigenvalue weighted by molar-refractivity contribution is 0.0661. The van der Waals surface area contributed by atoms with Crippen molar-refractivity contribution in [3.05, 3.63) is 43.9 Å². The average Bonchev–Trinajstić information content (AvgIpc) is 2.86. The fourth-order valence-corrected chi connectivity index (χ4v) is 3.36. The highest BCUT2D eigenvalue weighted by Gasteiger charge is 2.14. The van der Waals surface area contributed by atoms with E-state index >= 15 is 0 Å². The number of carboxylic acid groups (broad SMARTS) is 1. The molecule has 0 aliphatic carbocycles. The fraction of sp³-hybridized carbons (Fsp3) is 0.308. The number of aryl methyl sites for hydroxylation is 1. The number of rotatable bonds is 5. The molecule has 0 aromatic carbocycles. The van der Waals surface area contributed by atoms with Gasteiger partial charge in [0, 0.05) is 33.4 Å². The van der Waals surface area contributed by atoms with E-state index in [2.05, 4.69) is 32.3 Å². The molecule has 4 nitrogen and oxygen atoms in total. The van der Waals surface area contributed by atoms with Gasteiger partial charge in [0.05, 0.1) is 0 Å². The summed E-state index contributed by atoms with van der Waals surface area (Å²) in [5.74, 6) is -0.365. The van der Waals surface area contributed by atoms with Crippen LogP contribution in [0.25, 0.3) is 0 Å². The van der Waals surface area contributed by atoms with E-state index in [0.717, 1.165) is 16.6 Å². The SMILES string of the molecule is Cc1oc(C(=O)O)cc1CN(C)Cc1cc(Br)cs1. The minimum absolute atomic E-state index is 0.000215. The van der Waals surface area contributed by atoms with Crippen LogP contribution in [0.15, 0.2) is 26.4 Å². The van der Waals surface area contributed by atoms with Crippen LogP contribution in [0.2, 0.25) is 0 Å². The van der Waals surface area contributed by atoms with E-state index in [1.807, 2.05) is 7.05 Å². The third-order valence-corrected chi connectivity index (χ3v) is 4.40. The van der Waals surface area contributed by atoms with Crippen molar-refractivity contribution in [3.63, 3.8) is 0 Å². The van der Waals surface area contributed by atoms with Gasteiger partial charge in [0.2, 0.25) is 5.76 Å². The zero-order valence-electron chi connectivity index (χ0n) is 10.6. The van der Waals surface area contributed by atoms with Crippen LogP contribution in [0.4, 0.5) is 0 Å². The summed E-state index contributed by atoms with van der Waals surface area (Å²) >= 11 is 5.13. The monoisotopic (exact) mass is 343 g/mol. The van der Waals surface area contributed by atoms with Gasteiger partial charge in [-0.05, 0) is 42.0 Å². The van der Waals surface area contributed by atoms with Crippen molar-refractivity contribution in [1.82, 2.24) is 4.90 Å². The highest BCUT2D eigenvalue weighted by molar-refractivity contribution is 9.10. The molecule has 0 unspecified atom stereocenters. The van der Waals surface area contributed by atoms with Crippen LogP contribution in [0, 0.1) is 6.92 Å². The summed E-state index contributed by atoms with van der Waals surface area (Å²) in [6.07, 6.45) is 0. The summed E-state index contributed by atoms with van der Waals surface area (Å²) in [5.41, 5.74) is 0.913. The number of thiophene rings is 1. The molecule has 0 radical (unpaired) electrons. The largest absolute Gasteiger partial charge is 0.475 e. The molecule has 0 saturated carbocycles. The Morgan fingerprint density at radius 1 is 1.47 bits per heavy atom. The highest BCUT2D eigenvalue weighted by Crippen LogP contribution is 2.22. The molecular weight excluding hydrogens is 330 g/mol. The number of nitrogens with zero attached hydrogens (tertiary/aromatic N) is 1. The summed E-state index contributed by atoms with van der Waals surface area (Å²) in [4.78, 5) is 14.2. The summed E-state index contributed by atoms with van der Waals surface area (Å²) in [6, 6.07) is 3.69. The topological polar surface area (TPSA) is 53.7 Å². The number of carboxylic acids is 1. The molecule has 2 heterocycles. The normalized spacial score (nSPS) is 11.2. The summed E-state index contributed by atoms with van der Waals surface area (Å²) < 4.78 is 6.29. The predicted octanol–water partition coefficient (Wildman–Crippen LogP) is 3.74. The lowest BCUT2D eigenvalue weighted by Crippen LogP contribution is -2.16. The second-order valence-corrected chi connectivity index (χ2v) is 6.31. The third kappa shape index (κ3) is 3.68. The van der Waals surface area contributed by atoms with E-state index in [4.69, 9.17) is 9.52 Å². The third-order valence-electron chi connectivity index (χ3n) is 2.72. The lowest BCUT2D eigenvalue weighted by Gasteiger charge is -2.14. The molecule has 1 N–H and O–H groups in total. The van der Waals surface area contributed by atoms with Gasteiger partial charge in [-0.25, -0.2) is 4.79 Å². The quantitative estimate of drug-likeness (QED) is 0.898. The Morgan fingerprint density at radius 3 is 2.74 bits per heavy atom. The molecule has 0 spiro atoms. The number of aromatic carboxylic acids is 1. The Kier molecular flexibility index (Phi) is 4.44. The first-order valence-electron chi connectivity index (χ1n) is 5.69. The van der Waals surface area contributed by atoms with Gasteiger partial charge in [-0.1, -0.05) is 0 Å². The van der Waals surface area contributed by atoms with E-state index < -0.39 is 5.97 Å². The Hall–Kier alpha value is -1.11. The molecule has 2 aromatic heterocycles. The van der Waals surface area contributed by atoms with E-state index in [0.29, 0.717) is 12.3 Å². The number of halogens is 1. The second kappa shape index (κ2) is 5.90. The van der Waals surface area contributed by atoms with Gasteiger partial charge < -0.3 is 9.52 Å². The first-order chi connectivity index (χ1) is 8.95.